The standard InChI is InChI=1S/C12H14N2O4S/c1-8-2-4-9(5-3-8)19(16,17)14-10-6-13-7-11(10)18-12(14)15/h2-5,10-11,13H,6-7H2,1H3/t10-,11-/m1/s1. The molecule has 2 heterocycles. The second kappa shape index (κ2) is 4.21. The zero-order valence-electron chi connectivity index (χ0n) is 10.4. The van der Waals surface area contributed by atoms with Crippen LogP contribution < -0.4 is 5.32 Å². The third kappa shape index (κ3) is 1.89. The van der Waals surface area contributed by atoms with E-state index >= 15 is 0 Å². The van der Waals surface area contributed by atoms with Crippen LogP contribution in [0.2, 0.25) is 0 Å². The fraction of sp³-hybridized carbons (Fsp3) is 0.417. The van der Waals surface area contributed by atoms with Gasteiger partial charge in [0.2, 0.25) is 0 Å². The summed E-state index contributed by atoms with van der Waals surface area (Å²) < 4.78 is 30.9. The first kappa shape index (κ1) is 12.4. The monoisotopic (exact) mass is 282 g/mol. The highest BCUT2D eigenvalue weighted by Gasteiger charge is 2.50. The average Bonchev–Trinajstić information content (AvgIpc) is 2.88. The highest BCUT2D eigenvalue weighted by molar-refractivity contribution is 7.89. The summed E-state index contributed by atoms with van der Waals surface area (Å²) in [6, 6.07) is 5.98. The molecule has 102 valence electrons. The maximum absolute atomic E-state index is 12.5. The van der Waals surface area contributed by atoms with Crippen molar-refractivity contribution in [1.29, 1.82) is 0 Å². The average molecular weight is 282 g/mol. The minimum atomic E-state index is -3.84. The first-order valence-corrected chi connectivity index (χ1v) is 7.46. The Bertz CT molecular complexity index is 611. The van der Waals surface area contributed by atoms with Gasteiger partial charge < -0.3 is 10.1 Å². The van der Waals surface area contributed by atoms with Gasteiger partial charge in [-0.3, -0.25) is 0 Å². The van der Waals surface area contributed by atoms with Gasteiger partial charge in [0, 0.05) is 13.1 Å². The number of sulfonamides is 1. The molecule has 0 saturated carbocycles. The van der Waals surface area contributed by atoms with E-state index in [1.165, 1.54) is 12.1 Å². The first-order valence-electron chi connectivity index (χ1n) is 6.02. The molecule has 19 heavy (non-hydrogen) atoms. The molecule has 0 radical (unpaired) electrons. The van der Waals surface area contributed by atoms with E-state index in [4.69, 9.17) is 4.74 Å². The lowest BCUT2D eigenvalue weighted by molar-refractivity contribution is 0.139. The van der Waals surface area contributed by atoms with Crippen LogP contribution in [-0.4, -0.2) is 44.1 Å². The van der Waals surface area contributed by atoms with E-state index in [0.717, 1.165) is 9.87 Å². The number of benzene rings is 1. The predicted molar refractivity (Wildman–Crippen MR) is 67.1 cm³/mol. The summed E-state index contributed by atoms with van der Waals surface area (Å²) in [7, 11) is -3.84. The summed E-state index contributed by atoms with van der Waals surface area (Å²) in [4.78, 5) is 11.9. The molecule has 1 N–H and O–H groups in total. The van der Waals surface area contributed by atoms with Gasteiger partial charge in [-0.15, -0.1) is 0 Å². The van der Waals surface area contributed by atoms with Crippen LogP contribution in [0.1, 0.15) is 5.56 Å². The molecule has 6 nitrogen and oxygen atoms in total. The number of carbonyl (C=O) groups is 1. The number of aryl methyl sites for hydroxylation is 1. The molecule has 0 unspecified atom stereocenters. The fourth-order valence-electron chi connectivity index (χ4n) is 2.41. The van der Waals surface area contributed by atoms with Gasteiger partial charge in [0.25, 0.3) is 10.0 Å². The van der Waals surface area contributed by atoms with Crippen molar-refractivity contribution in [2.24, 2.45) is 0 Å². The highest BCUT2D eigenvalue weighted by atomic mass is 32.2. The third-order valence-electron chi connectivity index (χ3n) is 3.44. The molecule has 2 saturated heterocycles. The van der Waals surface area contributed by atoms with Gasteiger partial charge in [-0.1, -0.05) is 17.7 Å². The highest BCUT2D eigenvalue weighted by Crippen LogP contribution is 2.29. The number of hydrogen-bond acceptors (Lipinski definition) is 5. The number of nitrogens with one attached hydrogen (secondary N) is 1. The van der Waals surface area contributed by atoms with E-state index in [2.05, 4.69) is 5.32 Å². The van der Waals surface area contributed by atoms with Crippen LogP contribution in [0.3, 0.4) is 0 Å². The maximum Gasteiger partial charge on any atom is 0.424 e. The summed E-state index contributed by atoms with van der Waals surface area (Å²) in [6.45, 7) is 2.80. The van der Waals surface area contributed by atoms with Crippen molar-refractivity contribution in [3.8, 4) is 0 Å². The topological polar surface area (TPSA) is 75.7 Å². The van der Waals surface area contributed by atoms with E-state index in [1.807, 2.05) is 6.92 Å². The molecule has 2 fully saturated rings. The van der Waals surface area contributed by atoms with Crippen molar-refractivity contribution in [2.45, 2.75) is 24.0 Å². The summed E-state index contributed by atoms with van der Waals surface area (Å²) in [5.74, 6) is 0. The number of carbonyl (C=O) groups excluding carboxylic acids is 1. The van der Waals surface area contributed by atoms with Crippen molar-refractivity contribution in [1.82, 2.24) is 9.62 Å². The number of nitrogens with zero attached hydrogens (tertiary/aromatic N) is 1. The van der Waals surface area contributed by atoms with Crippen molar-refractivity contribution in [2.75, 3.05) is 13.1 Å². The number of fused-ring (bicyclic) bond motifs is 1. The summed E-state index contributed by atoms with van der Waals surface area (Å²) in [5, 5.41) is 3.02. The van der Waals surface area contributed by atoms with Crippen LogP contribution >= 0.6 is 0 Å². The molecule has 2 atom stereocenters. The van der Waals surface area contributed by atoms with Crippen molar-refractivity contribution in [3.05, 3.63) is 29.8 Å². The Kier molecular flexibility index (Phi) is 2.75. The fourth-order valence-corrected chi connectivity index (χ4v) is 3.93. The Balaban J connectivity index is 2.00. The van der Waals surface area contributed by atoms with Crippen LogP contribution in [0.5, 0.6) is 0 Å². The predicted octanol–water partition coefficient (Wildman–Crippen LogP) is 0.476. The Morgan fingerprint density at radius 3 is 2.63 bits per heavy atom. The van der Waals surface area contributed by atoms with E-state index in [-0.39, 0.29) is 11.0 Å². The number of rotatable bonds is 2. The number of hydrogen-bond donors (Lipinski definition) is 1. The van der Waals surface area contributed by atoms with Gasteiger partial charge in [0.1, 0.15) is 12.1 Å². The molecule has 7 heteroatoms. The summed E-state index contributed by atoms with van der Waals surface area (Å²) in [5.41, 5.74) is 0.961. The second-order valence-corrected chi connectivity index (χ2v) is 6.58. The minimum Gasteiger partial charge on any atom is -0.442 e. The van der Waals surface area contributed by atoms with Crippen molar-refractivity contribution >= 4 is 16.1 Å². The number of ether oxygens (including phenoxy) is 1. The van der Waals surface area contributed by atoms with Gasteiger partial charge in [-0.25, -0.2) is 13.2 Å². The van der Waals surface area contributed by atoms with Crippen LogP contribution in [0.4, 0.5) is 4.79 Å². The normalized spacial score (nSPS) is 26.4. The molecule has 0 spiro atoms. The van der Waals surface area contributed by atoms with E-state index < -0.39 is 22.2 Å². The molecule has 1 amide bonds. The quantitative estimate of drug-likeness (QED) is 0.853. The summed E-state index contributed by atoms with van der Waals surface area (Å²) >= 11 is 0. The Hall–Kier alpha value is -1.60. The molecular formula is C12H14N2O4S. The first-order chi connectivity index (χ1) is 9.00. The molecule has 1 aromatic rings. The third-order valence-corrected chi connectivity index (χ3v) is 5.24. The molecule has 1 aromatic carbocycles. The molecular weight excluding hydrogens is 268 g/mol. The SMILES string of the molecule is Cc1ccc(S(=O)(=O)N2C(=O)O[C@@H]3CNC[C@H]32)cc1. The lowest BCUT2D eigenvalue weighted by Crippen LogP contribution is -2.41. The zero-order valence-corrected chi connectivity index (χ0v) is 11.2. The van der Waals surface area contributed by atoms with Gasteiger partial charge in [-0.2, -0.15) is 4.31 Å². The Morgan fingerprint density at radius 1 is 1.26 bits per heavy atom. The zero-order chi connectivity index (χ0) is 13.6. The van der Waals surface area contributed by atoms with Crippen LogP contribution in [0, 0.1) is 6.92 Å². The molecule has 2 aliphatic rings. The Morgan fingerprint density at radius 2 is 1.95 bits per heavy atom. The van der Waals surface area contributed by atoms with Gasteiger partial charge >= 0.3 is 6.09 Å². The van der Waals surface area contributed by atoms with Crippen molar-refractivity contribution < 1.29 is 17.9 Å². The molecule has 2 aliphatic heterocycles. The van der Waals surface area contributed by atoms with Gasteiger partial charge in [-0.05, 0) is 19.1 Å². The van der Waals surface area contributed by atoms with Crippen LogP contribution in [0.15, 0.2) is 29.2 Å². The molecule has 3 rings (SSSR count). The molecule has 0 aromatic heterocycles. The molecule has 0 aliphatic carbocycles. The molecule has 0 bridgehead atoms. The lowest BCUT2D eigenvalue weighted by Gasteiger charge is -2.19. The Labute approximate surface area is 111 Å². The summed E-state index contributed by atoms with van der Waals surface area (Å²) in [6.07, 6.45) is -1.16. The van der Waals surface area contributed by atoms with E-state index in [1.54, 1.807) is 12.1 Å². The number of amides is 1. The van der Waals surface area contributed by atoms with Crippen molar-refractivity contribution in [3.63, 3.8) is 0 Å². The van der Waals surface area contributed by atoms with Crippen LogP contribution in [-0.2, 0) is 14.8 Å². The van der Waals surface area contributed by atoms with Gasteiger partial charge in [0.05, 0.1) is 4.90 Å². The largest absolute Gasteiger partial charge is 0.442 e. The second-order valence-electron chi connectivity index (χ2n) is 4.76. The van der Waals surface area contributed by atoms with Crippen LogP contribution in [0.25, 0.3) is 0 Å². The lowest BCUT2D eigenvalue weighted by atomic mass is 10.2. The van der Waals surface area contributed by atoms with E-state index in [0.29, 0.717) is 13.1 Å². The van der Waals surface area contributed by atoms with Gasteiger partial charge in [0.15, 0.2) is 0 Å². The smallest absolute Gasteiger partial charge is 0.424 e. The minimum absolute atomic E-state index is 0.114. The maximum atomic E-state index is 12.5. The van der Waals surface area contributed by atoms with E-state index in [9.17, 15) is 13.2 Å².